The summed E-state index contributed by atoms with van der Waals surface area (Å²) in [7, 11) is 0. The van der Waals surface area contributed by atoms with Crippen LogP contribution in [0.25, 0.3) is 11.0 Å². The Morgan fingerprint density at radius 2 is 1.97 bits per heavy atom. The number of hydrazone groups is 1. The zero-order chi connectivity index (χ0) is 20.8. The van der Waals surface area contributed by atoms with Crippen molar-refractivity contribution in [3.8, 4) is 5.75 Å². The molecule has 0 aliphatic heterocycles. The van der Waals surface area contributed by atoms with Gasteiger partial charge in [-0.2, -0.15) is 5.10 Å². The van der Waals surface area contributed by atoms with Crippen molar-refractivity contribution in [2.75, 3.05) is 6.61 Å². The summed E-state index contributed by atoms with van der Waals surface area (Å²) in [5.74, 6) is -0.0618. The van der Waals surface area contributed by atoms with Gasteiger partial charge in [-0.05, 0) is 36.2 Å². The normalized spacial score (nSPS) is 11.1. The van der Waals surface area contributed by atoms with Gasteiger partial charge in [0.2, 0.25) is 0 Å². The maximum atomic E-state index is 11.9. The second-order valence-electron chi connectivity index (χ2n) is 6.22. The fourth-order valence-corrected chi connectivity index (χ4v) is 3.26. The molecule has 0 saturated heterocycles. The van der Waals surface area contributed by atoms with E-state index in [2.05, 4.69) is 10.5 Å². The summed E-state index contributed by atoms with van der Waals surface area (Å²) in [6.07, 6.45) is 3.05. The van der Waals surface area contributed by atoms with Crippen molar-refractivity contribution in [3.05, 3.63) is 74.1 Å². The first kappa shape index (κ1) is 20.9. The molecule has 3 aromatic rings. The van der Waals surface area contributed by atoms with Crippen molar-refractivity contribution in [3.63, 3.8) is 0 Å². The fraction of sp³-hybridized carbons (Fsp3) is 0.190. The Labute approximate surface area is 177 Å². The van der Waals surface area contributed by atoms with Gasteiger partial charge in [0, 0.05) is 23.1 Å². The van der Waals surface area contributed by atoms with E-state index in [0.717, 1.165) is 23.8 Å². The molecule has 29 heavy (non-hydrogen) atoms. The molecule has 6 nitrogen and oxygen atoms in total. The molecule has 1 N–H and O–H groups in total. The highest BCUT2D eigenvalue weighted by Crippen LogP contribution is 2.24. The van der Waals surface area contributed by atoms with Gasteiger partial charge in [0.05, 0.1) is 16.3 Å². The zero-order valence-corrected chi connectivity index (χ0v) is 17.1. The molecule has 0 bridgehead atoms. The summed E-state index contributed by atoms with van der Waals surface area (Å²) in [4.78, 5) is 23.7. The first-order chi connectivity index (χ1) is 14.0. The highest BCUT2D eigenvalue weighted by atomic mass is 35.5. The number of aryl methyl sites for hydroxylation is 1. The molecule has 150 valence electrons. The van der Waals surface area contributed by atoms with Crippen LogP contribution in [-0.4, -0.2) is 18.7 Å². The van der Waals surface area contributed by atoms with Crippen LogP contribution in [-0.2, 0) is 11.2 Å². The summed E-state index contributed by atoms with van der Waals surface area (Å²) in [6, 6.07) is 11.7. The number of rotatable bonds is 7. The molecule has 0 unspecified atom stereocenters. The summed E-state index contributed by atoms with van der Waals surface area (Å²) < 4.78 is 10.7. The molecule has 0 aliphatic rings. The van der Waals surface area contributed by atoms with Gasteiger partial charge < -0.3 is 9.15 Å². The first-order valence-corrected chi connectivity index (χ1v) is 9.69. The minimum absolute atomic E-state index is 0.266. The van der Waals surface area contributed by atoms with E-state index >= 15 is 0 Å². The van der Waals surface area contributed by atoms with Gasteiger partial charge in [0.25, 0.3) is 5.91 Å². The number of carbonyl (C=O) groups is 1. The van der Waals surface area contributed by atoms with Gasteiger partial charge in [-0.25, -0.2) is 10.2 Å². The largest absolute Gasteiger partial charge is 0.484 e. The molecule has 1 heterocycles. The summed E-state index contributed by atoms with van der Waals surface area (Å²) in [5, 5.41) is 5.53. The Morgan fingerprint density at radius 3 is 2.69 bits per heavy atom. The highest BCUT2D eigenvalue weighted by Gasteiger charge is 2.08. The predicted molar refractivity (Wildman–Crippen MR) is 114 cm³/mol. The topological polar surface area (TPSA) is 80.9 Å². The predicted octanol–water partition coefficient (Wildman–Crippen LogP) is 4.58. The maximum Gasteiger partial charge on any atom is 0.336 e. The van der Waals surface area contributed by atoms with Crippen LogP contribution in [0.1, 0.15) is 24.5 Å². The Kier molecular flexibility index (Phi) is 6.90. The lowest BCUT2D eigenvalue weighted by Crippen LogP contribution is -2.24. The number of ether oxygens (including phenoxy) is 1. The van der Waals surface area contributed by atoms with Crippen LogP contribution >= 0.6 is 23.2 Å². The average molecular weight is 433 g/mol. The summed E-state index contributed by atoms with van der Waals surface area (Å²) >= 11 is 12.1. The Morgan fingerprint density at radius 1 is 1.21 bits per heavy atom. The highest BCUT2D eigenvalue weighted by molar-refractivity contribution is 6.38. The quantitative estimate of drug-likeness (QED) is 0.336. The lowest BCUT2D eigenvalue weighted by atomic mass is 10.1. The SMILES string of the molecule is CCCc1cc(=O)oc2cc(OCC(=O)N/N=C/c3c(Cl)cccc3Cl)ccc12. The number of carbonyl (C=O) groups excluding carboxylic acids is 1. The van der Waals surface area contributed by atoms with Gasteiger partial charge in [-0.3, -0.25) is 4.79 Å². The maximum absolute atomic E-state index is 11.9. The van der Waals surface area contributed by atoms with Crippen LogP contribution in [0, 0.1) is 0 Å². The number of halogens is 2. The van der Waals surface area contributed by atoms with Crippen molar-refractivity contribution in [2.24, 2.45) is 5.10 Å². The Hall–Kier alpha value is -2.83. The molecule has 0 saturated carbocycles. The minimum Gasteiger partial charge on any atom is -0.484 e. The van der Waals surface area contributed by atoms with Gasteiger partial charge in [-0.15, -0.1) is 0 Å². The molecule has 1 aromatic heterocycles. The van der Waals surface area contributed by atoms with Gasteiger partial charge >= 0.3 is 5.63 Å². The lowest BCUT2D eigenvalue weighted by molar-refractivity contribution is -0.123. The van der Waals surface area contributed by atoms with Gasteiger partial charge in [0.15, 0.2) is 6.61 Å². The molecule has 8 heteroatoms. The van der Waals surface area contributed by atoms with E-state index in [0.29, 0.717) is 26.9 Å². The molecular formula is C21H18Cl2N2O4. The Balaban J connectivity index is 1.63. The van der Waals surface area contributed by atoms with E-state index in [-0.39, 0.29) is 6.61 Å². The van der Waals surface area contributed by atoms with Crippen LogP contribution in [0.4, 0.5) is 0 Å². The van der Waals surface area contributed by atoms with E-state index in [1.807, 2.05) is 13.0 Å². The van der Waals surface area contributed by atoms with Crippen molar-refractivity contribution in [2.45, 2.75) is 19.8 Å². The molecule has 0 fully saturated rings. The molecule has 1 amide bonds. The smallest absolute Gasteiger partial charge is 0.336 e. The zero-order valence-electron chi connectivity index (χ0n) is 15.6. The number of hydrogen-bond donors (Lipinski definition) is 1. The van der Waals surface area contributed by atoms with Gasteiger partial charge in [-0.1, -0.05) is 42.6 Å². The van der Waals surface area contributed by atoms with Crippen LogP contribution < -0.4 is 15.8 Å². The Bertz CT molecular complexity index is 1110. The van der Waals surface area contributed by atoms with Gasteiger partial charge in [0.1, 0.15) is 11.3 Å². The van der Waals surface area contributed by atoms with E-state index in [9.17, 15) is 9.59 Å². The molecule has 0 radical (unpaired) electrons. The van der Waals surface area contributed by atoms with Crippen molar-refractivity contribution in [1.82, 2.24) is 5.43 Å². The standard InChI is InChI=1S/C21H18Cl2N2O4/c1-2-4-13-9-21(27)29-19-10-14(7-8-15(13)19)28-12-20(26)25-24-11-16-17(22)5-3-6-18(16)23/h3,5-11H,2,4,12H2,1H3,(H,25,26)/b24-11+. The molecule has 0 aliphatic carbocycles. The van der Waals surface area contributed by atoms with Crippen LogP contribution in [0.5, 0.6) is 5.75 Å². The second-order valence-corrected chi connectivity index (χ2v) is 7.03. The molecule has 0 spiro atoms. The van der Waals surface area contributed by atoms with Crippen molar-refractivity contribution in [1.29, 1.82) is 0 Å². The van der Waals surface area contributed by atoms with Crippen LogP contribution in [0.2, 0.25) is 10.0 Å². The number of benzene rings is 2. The van der Waals surface area contributed by atoms with Crippen molar-refractivity contribution < 1.29 is 13.9 Å². The first-order valence-electron chi connectivity index (χ1n) is 8.93. The van der Waals surface area contributed by atoms with E-state index in [1.54, 1.807) is 30.3 Å². The molecule has 3 rings (SSSR count). The van der Waals surface area contributed by atoms with Crippen LogP contribution in [0.15, 0.2) is 56.8 Å². The second kappa shape index (κ2) is 9.58. The monoisotopic (exact) mass is 432 g/mol. The third kappa shape index (κ3) is 5.37. The average Bonchev–Trinajstić information content (AvgIpc) is 2.68. The summed E-state index contributed by atoms with van der Waals surface area (Å²) in [5.41, 5.74) is 3.78. The molecule has 0 atom stereocenters. The molecule has 2 aromatic carbocycles. The fourth-order valence-electron chi connectivity index (χ4n) is 2.76. The van der Waals surface area contributed by atoms with E-state index in [1.165, 1.54) is 12.3 Å². The number of hydrogen-bond acceptors (Lipinski definition) is 5. The third-order valence-electron chi connectivity index (χ3n) is 4.07. The van der Waals surface area contributed by atoms with Crippen molar-refractivity contribution >= 4 is 46.3 Å². The number of nitrogens with one attached hydrogen (secondary N) is 1. The van der Waals surface area contributed by atoms with E-state index < -0.39 is 11.5 Å². The minimum atomic E-state index is -0.467. The number of nitrogens with zero attached hydrogens (tertiary/aromatic N) is 1. The van der Waals surface area contributed by atoms with Crippen LogP contribution in [0.3, 0.4) is 0 Å². The summed E-state index contributed by atoms with van der Waals surface area (Å²) in [6.45, 7) is 1.77. The van der Waals surface area contributed by atoms with E-state index in [4.69, 9.17) is 32.4 Å². The number of amides is 1. The number of fused-ring (bicyclic) bond motifs is 1. The third-order valence-corrected chi connectivity index (χ3v) is 4.73. The molecular weight excluding hydrogens is 415 g/mol. The lowest BCUT2D eigenvalue weighted by Gasteiger charge is -2.08.